The average Bonchev–Trinajstić information content (AvgIpc) is 2.66. The summed E-state index contributed by atoms with van der Waals surface area (Å²) in [6, 6.07) is 5.59. The summed E-state index contributed by atoms with van der Waals surface area (Å²) in [6.45, 7) is 2.54. The Morgan fingerprint density at radius 3 is 3.00 bits per heavy atom. The highest BCUT2D eigenvalue weighted by molar-refractivity contribution is 9.10. The first-order valence-electron chi connectivity index (χ1n) is 4.60. The first-order valence-corrected chi connectivity index (χ1v) is 5.39. The molecule has 2 aromatic rings. The molecule has 0 unspecified atom stereocenters. The van der Waals surface area contributed by atoms with Crippen molar-refractivity contribution in [2.75, 3.05) is 6.61 Å². The van der Waals surface area contributed by atoms with Crippen molar-refractivity contribution in [2.45, 2.75) is 6.92 Å². The Morgan fingerprint density at radius 1 is 1.47 bits per heavy atom. The number of halogens is 1. The summed E-state index contributed by atoms with van der Waals surface area (Å²) in [5.74, 6) is 1.35. The SMILES string of the molecule is CCOc1cccc(-n2cc(Br)cn2)n1. The van der Waals surface area contributed by atoms with E-state index in [0.29, 0.717) is 12.5 Å². The highest BCUT2D eigenvalue weighted by Gasteiger charge is 2.01. The number of rotatable bonds is 3. The molecule has 15 heavy (non-hydrogen) atoms. The highest BCUT2D eigenvalue weighted by Crippen LogP contribution is 2.13. The predicted molar refractivity (Wildman–Crippen MR) is 60.2 cm³/mol. The zero-order chi connectivity index (χ0) is 10.7. The summed E-state index contributed by atoms with van der Waals surface area (Å²) in [5, 5.41) is 4.14. The van der Waals surface area contributed by atoms with Crippen LogP contribution in [0.1, 0.15) is 6.92 Å². The molecule has 5 heteroatoms. The van der Waals surface area contributed by atoms with E-state index in [-0.39, 0.29) is 0 Å². The summed E-state index contributed by atoms with van der Waals surface area (Å²) in [4.78, 5) is 4.30. The van der Waals surface area contributed by atoms with Crippen LogP contribution in [0.3, 0.4) is 0 Å². The Balaban J connectivity index is 2.32. The molecule has 2 aromatic heterocycles. The molecule has 0 spiro atoms. The van der Waals surface area contributed by atoms with Crippen molar-refractivity contribution in [3.8, 4) is 11.7 Å². The summed E-state index contributed by atoms with van der Waals surface area (Å²) in [5.41, 5.74) is 0. The van der Waals surface area contributed by atoms with Crippen molar-refractivity contribution in [3.05, 3.63) is 35.1 Å². The summed E-state index contributed by atoms with van der Waals surface area (Å²) in [6.07, 6.45) is 3.56. The van der Waals surface area contributed by atoms with Gasteiger partial charge in [-0.2, -0.15) is 10.1 Å². The average molecular weight is 268 g/mol. The smallest absolute Gasteiger partial charge is 0.215 e. The Labute approximate surface area is 96.0 Å². The van der Waals surface area contributed by atoms with Gasteiger partial charge in [0.1, 0.15) is 0 Å². The van der Waals surface area contributed by atoms with E-state index in [9.17, 15) is 0 Å². The van der Waals surface area contributed by atoms with Gasteiger partial charge in [-0.05, 0) is 28.9 Å². The second-order valence-electron chi connectivity index (χ2n) is 2.87. The van der Waals surface area contributed by atoms with Crippen LogP contribution in [0.25, 0.3) is 5.82 Å². The zero-order valence-corrected chi connectivity index (χ0v) is 9.81. The van der Waals surface area contributed by atoms with Gasteiger partial charge >= 0.3 is 0 Å². The van der Waals surface area contributed by atoms with Crippen LogP contribution < -0.4 is 4.74 Å². The van der Waals surface area contributed by atoms with Gasteiger partial charge in [-0.3, -0.25) is 0 Å². The molecule has 0 N–H and O–H groups in total. The van der Waals surface area contributed by atoms with Gasteiger partial charge in [0.2, 0.25) is 5.88 Å². The second-order valence-corrected chi connectivity index (χ2v) is 3.79. The summed E-state index contributed by atoms with van der Waals surface area (Å²) in [7, 11) is 0. The van der Waals surface area contributed by atoms with E-state index >= 15 is 0 Å². The molecule has 0 aliphatic rings. The van der Waals surface area contributed by atoms with E-state index in [1.165, 1.54) is 0 Å². The lowest BCUT2D eigenvalue weighted by molar-refractivity contribution is 0.326. The number of hydrogen-bond donors (Lipinski definition) is 0. The fourth-order valence-electron chi connectivity index (χ4n) is 1.19. The van der Waals surface area contributed by atoms with Gasteiger partial charge in [0.15, 0.2) is 5.82 Å². The highest BCUT2D eigenvalue weighted by atomic mass is 79.9. The van der Waals surface area contributed by atoms with Crippen molar-refractivity contribution < 1.29 is 4.74 Å². The molecule has 0 aromatic carbocycles. The number of ether oxygens (including phenoxy) is 1. The minimum Gasteiger partial charge on any atom is -0.478 e. The van der Waals surface area contributed by atoms with Crippen LogP contribution in [0.4, 0.5) is 0 Å². The third-order valence-corrected chi connectivity index (χ3v) is 2.20. The molecule has 0 saturated heterocycles. The van der Waals surface area contributed by atoms with Crippen molar-refractivity contribution in [3.63, 3.8) is 0 Å². The largest absolute Gasteiger partial charge is 0.478 e. The predicted octanol–water partition coefficient (Wildman–Crippen LogP) is 2.43. The van der Waals surface area contributed by atoms with Crippen LogP contribution in [0, 0.1) is 0 Å². The lowest BCUT2D eigenvalue weighted by atomic mass is 10.4. The number of pyridine rings is 1. The van der Waals surface area contributed by atoms with E-state index in [4.69, 9.17) is 4.74 Å². The number of aromatic nitrogens is 3. The Bertz CT molecular complexity index is 455. The van der Waals surface area contributed by atoms with Crippen LogP contribution in [-0.4, -0.2) is 21.4 Å². The fraction of sp³-hybridized carbons (Fsp3) is 0.200. The molecule has 0 radical (unpaired) electrons. The number of hydrogen-bond acceptors (Lipinski definition) is 3. The normalized spacial score (nSPS) is 10.3. The van der Waals surface area contributed by atoms with Crippen molar-refractivity contribution >= 4 is 15.9 Å². The van der Waals surface area contributed by atoms with E-state index in [2.05, 4.69) is 26.0 Å². The molecule has 0 saturated carbocycles. The van der Waals surface area contributed by atoms with Gasteiger partial charge in [-0.15, -0.1) is 0 Å². The Hall–Kier alpha value is -1.36. The van der Waals surface area contributed by atoms with Crippen LogP contribution in [0.5, 0.6) is 5.88 Å². The van der Waals surface area contributed by atoms with E-state index in [0.717, 1.165) is 10.3 Å². The quantitative estimate of drug-likeness (QED) is 0.858. The molecular formula is C10H10BrN3O. The Kier molecular flexibility index (Phi) is 3.01. The van der Waals surface area contributed by atoms with Gasteiger partial charge in [0.25, 0.3) is 0 Å². The third kappa shape index (κ3) is 2.36. The summed E-state index contributed by atoms with van der Waals surface area (Å²) < 4.78 is 7.92. The maximum atomic E-state index is 5.31. The maximum Gasteiger partial charge on any atom is 0.215 e. The molecule has 78 valence electrons. The van der Waals surface area contributed by atoms with Gasteiger partial charge in [0.05, 0.1) is 17.3 Å². The van der Waals surface area contributed by atoms with Gasteiger partial charge in [-0.25, -0.2) is 4.68 Å². The van der Waals surface area contributed by atoms with Gasteiger partial charge in [0, 0.05) is 12.3 Å². The summed E-state index contributed by atoms with van der Waals surface area (Å²) >= 11 is 3.34. The minimum absolute atomic E-state index is 0.610. The molecule has 0 aliphatic heterocycles. The lowest BCUT2D eigenvalue weighted by Gasteiger charge is -2.04. The monoisotopic (exact) mass is 267 g/mol. The topological polar surface area (TPSA) is 39.9 Å². The molecule has 0 atom stereocenters. The van der Waals surface area contributed by atoms with Crippen LogP contribution in [0.15, 0.2) is 35.1 Å². The zero-order valence-electron chi connectivity index (χ0n) is 8.22. The second kappa shape index (κ2) is 4.44. The molecule has 0 amide bonds. The standard InChI is InChI=1S/C10H10BrN3O/c1-2-15-10-5-3-4-9(13-10)14-7-8(11)6-12-14/h3-7H,2H2,1H3. The van der Waals surface area contributed by atoms with E-state index in [1.807, 2.05) is 31.3 Å². The van der Waals surface area contributed by atoms with E-state index < -0.39 is 0 Å². The van der Waals surface area contributed by atoms with Crippen LogP contribution in [-0.2, 0) is 0 Å². The molecular weight excluding hydrogens is 258 g/mol. The van der Waals surface area contributed by atoms with Crippen molar-refractivity contribution in [1.82, 2.24) is 14.8 Å². The molecule has 0 aliphatic carbocycles. The number of nitrogens with zero attached hydrogens (tertiary/aromatic N) is 3. The first kappa shape index (κ1) is 10.2. The first-order chi connectivity index (χ1) is 7.29. The molecule has 2 heterocycles. The van der Waals surface area contributed by atoms with Gasteiger partial charge in [-0.1, -0.05) is 6.07 Å². The molecule has 2 rings (SSSR count). The van der Waals surface area contributed by atoms with Gasteiger partial charge < -0.3 is 4.74 Å². The molecule has 4 nitrogen and oxygen atoms in total. The maximum absolute atomic E-state index is 5.31. The lowest BCUT2D eigenvalue weighted by Crippen LogP contribution is -2.00. The fourth-order valence-corrected chi connectivity index (χ4v) is 1.47. The molecule has 0 fully saturated rings. The minimum atomic E-state index is 0.610. The molecule has 0 bridgehead atoms. The van der Waals surface area contributed by atoms with Crippen LogP contribution >= 0.6 is 15.9 Å². The van der Waals surface area contributed by atoms with E-state index in [1.54, 1.807) is 10.9 Å². The van der Waals surface area contributed by atoms with Crippen molar-refractivity contribution in [1.29, 1.82) is 0 Å². The van der Waals surface area contributed by atoms with Crippen molar-refractivity contribution in [2.24, 2.45) is 0 Å². The third-order valence-electron chi connectivity index (χ3n) is 1.79. The van der Waals surface area contributed by atoms with Crippen LogP contribution in [0.2, 0.25) is 0 Å². The Morgan fingerprint density at radius 2 is 2.33 bits per heavy atom.